The molecule has 0 saturated carbocycles. The number of rotatable bonds is 3. The third kappa shape index (κ3) is 3.19. The second kappa shape index (κ2) is 7.18. The Balaban J connectivity index is 1.52. The number of hydrogen-bond acceptors (Lipinski definition) is 4. The molecule has 1 aliphatic rings. The predicted octanol–water partition coefficient (Wildman–Crippen LogP) is 2.45. The van der Waals surface area contributed by atoms with Crippen molar-refractivity contribution in [1.82, 2.24) is 24.3 Å². The SMILES string of the molecule is CCc1nc(C2CCN(C(=O)c3nc4cccc(C)n4c3F)CC2)cc(=O)[nH]1. The maximum Gasteiger partial charge on any atom is 0.277 e. The monoisotopic (exact) mass is 383 g/mol. The highest BCUT2D eigenvalue weighted by Gasteiger charge is 2.29. The lowest BCUT2D eigenvalue weighted by molar-refractivity contribution is 0.0701. The van der Waals surface area contributed by atoms with Crippen molar-refractivity contribution >= 4 is 11.6 Å². The van der Waals surface area contributed by atoms with Crippen LogP contribution in [0.25, 0.3) is 5.65 Å². The number of imidazole rings is 1. The topological polar surface area (TPSA) is 83.4 Å². The number of carbonyl (C=O) groups excluding carboxylic acids is 1. The first-order valence-electron chi connectivity index (χ1n) is 9.51. The summed E-state index contributed by atoms with van der Waals surface area (Å²) in [4.78, 5) is 37.7. The highest BCUT2D eigenvalue weighted by molar-refractivity contribution is 5.93. The molecule has 4 heterocycles. The molecular weight excluding hydrogens is 361 g/mol. The minimum Gasteiger partial charge on any atom is -0.337 e. The van der Waals surface area contributed by atoms with E-state index in [9.17, 15) is 14.0 Å². The predicted molar refractivity (Wildman–Crippen MR) is 102 cm³/mol. The van der Waals surface area contributed by atoms with Gasteiger partial charge in [-0.1, -0.05) is 13.0 Å². The average molecular weight is 383 g/mol. The van der Waals surface area contributed by atoms with E-state index in [1.807, 2.05) is 6.92 Å². The summed E-state index contributed by atoms with van der Waals surface area (Å²) in [7, 11) is 0. The van der Waals surface area contributed by atoms with Gasteiger partial charge in [-0.2, -0.15) is 4.39 Å². The molecule has 0 spiro atoms. The summed E-state index contributed by atoms with van der Waals surface area (Å²) in [6.07, 6.45) is 2.02. The van der Waals surface area contributed by atoms with Crippen molar-refractivity contribution in [2.24, 2.45) is 0 Å². The van der Waals surface area contributed by atoms with Crippen LogP contribution in [0.15, 0.2) is 29.1 Å². The zero-order chi connectivity index (χ0) is 19.8. The summed E-state index contributed by atoms with van der Waals surface area (Å²) in [6.45, 7) is 4.67. The van der Waals surface area contributed by atoms with Gasteiger partial charge in [0.2, 0.25) is 5.95 Å². The van der Waals surface area contributed by atoms with Gasteiger partial charge in [0.05, 0.1) is 5.69 Å². The van der Waals surface area contributed by atoms with Gasteiger partial charge >= 0.3 is 0 Å². The molecule has 1 saturated heterocycles. The number of nitrogens with zero attached hydrogens (tertiary/aromatic N) is 4. The number of pyridine rings is 1. The number of halogens is 1. The maximum atomic E-state index is 14.8. The van der Waals surface area contributed by atoms with Crippen molar-refractivity contribution in [2.75, 3.05) is 13.1 Å². The fourth-order valence-corrected chi connectivity index (χ4v) is 3.78. The van der Waals surface area contributed by atoms with Crippen LogP contribution in [-0.2, 0) is 6.42 Å². The Bertz CT molecular complexity index is 1100. The number of aromatic nitrogens is 4. The molecule has 146 valence electrons. The van der Waals surface area contributed by atoms with Gasteiger partial charge in [-0.25, -0.2) is 9.97 Å². The molecule has 28 heavy (non-hydrogen) atoms. The lowest BCUT2D eigenvalue weighted by Crippen LogP contribution is -2.38. The minimum atomic E-state index is -0.621. The number of aromatic amines is 1. The Morgan fingerprint density at radius 2 is 2.04 bits per heavy atom. The standard InChI is InChI=1S/C20H22FN5O2/c1-3-15-22-14(11-17(27)23-15)13-7-9-25(10-8-13)20(28)18-19(21)26-12(2)5-4-6-16(26)24-18/h4-6,11,13H,3,7-10H2,1-2H3,(H,22,23,27). The van der Waals surface area contributed by atoms with Crippen molar-refractivity contribution in [3.63, 3.8) is 0 Å². The summed E-state index contributed by atoms with van der Waals surface area (Å²) in [6, 6.07) is 6.78. The van der Waals surface area contributed by atoms with Gasteiger partial charge in [-0.15, -0.1) is 0 Å². The molecule has 8 heteroatoms. The van der Waals surface area contributed by atoms with Crippen LogP contribution in [0.4, 0.5) is 4.39 Å². The van der Waals surface area contributed by atoms with E-state index in [-0.39, 0.29) is 17.2 Å². The third-order valence-corrected chi connectivity index (χ3v) is 5.33. The molecule has 1 amide bonds. The minimum absolute atomic E-state index is 0.116. The summed E-state index contributed by atoms with van der Waals surface area (Å²) in [5.74, 6) is -0.232. The van der Waals surface area contributed by atoms with Crippen molar-refractivity contribution in [3.05, 3.63) is 63.5 Å². The van der Waals surface area contributed by atoms with E-state index < -0.39 is 11.9 Å². The molecule has 0 atom stereocenters. The molecule has 1 aliphatic heterocycles. The van der Waals surface area contributed by atoms with Gasteiger partial charge in [0.25, 0.3) is 11.5 Å². The highest BCUT2D eigenvalue weighted by atomic mass is 19.1. The van der Waals surface area contributed by atoms with E-state index in [0.717, 1.165) is 5.69 Å². The van der Waals surface area contributed by atoms with E-state index >= 15 is 0 Å². The van der Waals surface area contributed by atoms with Crippen LogP contribution >= 0.6 is 0 Å². The molecule has 3 aromatic rings. The van der Waals surface area contributed by atoms with Gasteiger partial charge in [0.15, 0.2) is 5.69 Å². The average Bonchev–Trinajstić information content (AvgIpc) is 3.05. The van der Waals surface area contributed by atoms with Gasteiger partial charge in [0.1, 0.15) is 11.5 Å². The first-order valence-corrected chi connectivity index (χ1v) is 9.51. The number of likely N-dealkylation sites (tertiary alicyclic amines) is 1. The Morgan fingerprint density at radius 1 is 1.29 bits per heavy atom. The molecule has 4 rings (SSSR count). The van der Waals surface area contributed by atoms with E-state index in [2.05, 4.69) is 15.0 Å². The molecule has 0 unspecified atom stereocenters. The highest BCUT2D eigenvalue weighted by Crippen LogP contribution is 2.27. The number of piperidine rings is 1. The van der Waals surface area contributed by atoms with Crippen molar-refractivity contribution in [3.8, 4) is 0 Å². The second-order valence-corrected chi connectivity index (χ2v) is 7.15. The molecule has 0 bridgehead atoms. The van der Waals surface area contributed by atoms with Gasteiger partial charge in [-0.3, -0.25) is 14.0 Å². The van der Waals surface area contributed by atoms with Crippen LogP contribution in [0.3, 0.4) is 0 Å². The van der Waals surface area contributed by atoms with E-state index in [1.165, 1.54) is 10.5 Å². The van der Waals surface area contributed by atoms with Crippen molar-refractivity contribution in [1.29, 1.82) is 0 Å². The molecular formula is C20H22FN5O2. The Labute approximate surface area is 161 Å². The van der Waals surface area contributed by atoms with Gasteiger partial charge in [0, 0.05) is 37.2 Å². The third-order valence-electron chi connectivity index (χ3n) is 5.33. The van der Waals surface area contributed by atoms with E-state index in [0.29, 0.717) is 49.5 Å². The molecule has 1 fully saturated rings. The molecule has 0 radical (unpaired) electrons. The van der Waals surface area contributed by atoms with Crippen LogP contribution in [0.1, 0.15) is 53.4 Å². The normalized spacial score (nSPS) is 15.3. The fourth-order valence-electron chi connectivity index (χ4n) is 3.78. The van der Waals surface area contributed by atoms with Crippen LogP contribution in [-0.4, -0.2) is 43.2 Å². The lowest BCUT2D eigenvalue weighted by atomic mass is 9.93. The Morgan fingerprint density at radius 3 is 2.71 bits per heavy atom. The van der Waals surface area contributed by atoms with Crippen LogP contribution in [0.5, 0.6) is 0 Å². The number of fused-ring (bicyclic) bond motifs is 1. The van der Waals surface area contributed by atoms with E-state index in [1.54, 1.807) is 30.0 Å². The van der Waals surface area contributed by atoms with E-state index in [4.69, 9.17) is 0 Å². The number of H-pyrrole nitrogens is 1. The first kappa shape index (κ1) is 18.3. The number of carbonyl (C=O) groups is 1. The largest absolute Gasteiger partial charge is 0.337 e. The summed E-state index contributed by atoms with van der Waals surface area (Å²) in [5.41, 5.74) is 1.59. The maximum absolute atomic E-state index is 14.8. The molecule has 3 aromatic heterocycles. The lowest BCUT2D eigenvalue weighted by Gasteiger charge is -2.31. The van der Waals surface area contributed by atoms with Crippen molar-refractivity contribution in [2.45, 2.75) is 39.0 Å². The summed E-state index contributed by atoms with van der Waals surface area (Å²) >= 11 is 0. The fraction of sp³-hybridized carbons (Fsp3) is 0.400. The number of aryl methyl sites for hydroxylation is 2. The van der Waals surface area contributed by atoms with Crippen molar-refractivity contribution < 1.29 is 9.18 Å². The summed E-state index contributed by atoms with van der Waals surface area (Å²) < 4.78 is 16.1. The van der Waals surface area contributed by atoms with Crippen LogP contribution in [0.2, 0.25) is 0 Å². The smallest absolute Gasteiger partial charge is 0.277 e. The Kier molecular flexibility index (Phi) is 4.70. The first-order chi connectivity index (χ1) is 13.5. The number of hydrogen-bond donors (Lipinski definition) is 1. The second-order valence-electron chi connectivity index (χ2n) is 7.15. The van der Waals surface area contributed by atoms with Gasteiger partial charge in [-0.05, 0) is 31.9 Å². The quantitative estimate of drug-likeness (QED) is 0.753. The molecule has 0 aromatic carbocycles. The molecule has 7 nitrogen and oxygen atoms in total. The van der Waals surface area contributed by atoms with Gasteiger partial charge < -0.3 is 9.88 Å². The summed E-state index contributed by atoms with van der Waals surface area (Å²) in [5, 5.41) is 0. The van der Waals surface area contributed by atoms with Crippen LogP contribution in [0, 0.1) is 12.9 Å². The molecule has 0 aliphatic carbocycles. The molecule has 1 N–H and O–H groups in total. The Hall–Kier alpha value is -3.03. The number of amides is 1. The van der Waals surface area contributed by atoms with Crippen LogP contribution < -0.4 is 5.56 Å². The zero-order valence-electron chi connectivity index (χ0n) is 15.9. The zero-order valence-corrected chi connectivity index (χ0v) is 15.9. The number of nitrogens with one attached hydrogen (secondary N) is 1.